The van der Waals surface area contributed by atoms with E-state index in [1.54, 1.807) is 40.6 Å². The van der Waals surface area contributed by atoms with Gasteiger partial charge in [0.2, 0.25) is 5.91 Å². The number of benzene rings is 3. The summed E-state index contributed by atoms with van der Waals surface area (Å²) in [5, 5.41) is 3.20. The Morgan fingerprint density at radius 3 is 2.28 bits per heavy atom. The van der Waals surface area contributed by atoms with Gasteiger partial charge in [0.1, 0.15) is 5.82 Å². The van der Waals surface area contributed by atoms with E-state index in [1.165, 1.54) is 11.6 Å². The second kappa shape index (κ2) is 11.5. The quantitative estimate of drug-likeness (QED) is 0.425. The van der Waals surface area contributed by atoms with Crippen LogP contribution in [0.3, 0.4) is 0 Å². The Kier molecular flexibility index (Phi) is 7.93. The Morgan fingerprint density at radius 1 is 0.846 bits per heavy atom. The van der Waals surface area contributed by atoms with Gasteiger partial charge in [-0.05, 0) is 89.9 Å². The minimum atomic E-state index is -0.238. The molecule has 2 aliphatic rings. The highest BCUT2D eigenvalue weighted by Gasteiger charge is 2.32. The first-order valence-corrected chi connectivity index (χ1v) is 13.2. The molecule has 2 unspecified atom stereocenters. The highest BCUT2D eigenvalue weighted by molar-refractivity contribution is 5.79. The van der Waals surface area contributed by atoms with Crippen LogP contribution in [0.1, 0.15) is 46.3 Å². The van der Waals surface area contributed by atoms with Crippen LogP contribution in [0.5, 0.6) is 23.0 Å². The summed E-state index contributed by atoms with van der Waals surface area (Å²) in [4.78, 5) is 15.6. The van der Waals surface area contributed by atoms with Crippen LogP contribution in [0.4, 0.5) is 4.39 Å². The van der Waals surface area contributed by atoms with Gasteiger partial charge >= 0.3 is 0 Å². The largest absolute Gasteiger partial charge is 0.493 e. The first kappa shape index (κ1) is 26.8. The van der Waals surface area contributed by atoms with Crippen molar-refractivity contribution >= 4 is 5.91 Å². The smallest absolute Gasteiger partial charge is 0.234 e. The van der Waals surface area contributed by atoms with Crippen molar-refractivity contribution in [3.63, 3.8) is 0 Å². The van der Waals surface area contributed by atoms with Crippen LogP contribution in [0.25, 0.3) is 0 Å². The summed E-state index contributed by atoms with van der Waals surface area (Å²) in [7, 11) is 6.52. The fourth-order valence-electron chi connectivity index (χ4n) is 5.90. The fourth-order valence-corrected chi connectivity index (χ4v) is 5.90. The van der Waals surface area contributed by atoms with E-state index in [0.29, 0.717) is 29.4 Å². The molecule has 7 nitrogen and oxygen atoms in total. The van der Waals surface area contributed by atoms with Gasteiger partial charge in [-0.2, -0.15) is 0 Å². The molecule has 0 fully saturated rings. The predicted molar refractivity (Wildman–Crippen MR) is 146 cm³/mol. The van der Waals surface area contributed by atoms with Crippen LogP contribution in [0, 0.1) is 5.82 Å². The summed E-state index contributed by atoms with van der Waals surface area (Å²) >= 11 is 0. The van der Waals surface area contributed by atoms with Crippen molar-refractivity contribution in [1.82, 2.24) is 10.2 Å². The Morgan fingerprint density at radius 2 is 1.54 bits per heavy atom. The number of methoxy groups -OCH3 is 4. The lowest BCUT2D eigenvalue weighted by Crippen LogP contribution is -2.44. The molecule has 0 radical (unpaired) electrons. The standard InChI is InChI=1S/C31H35FN2O5/c1-36-27-10-5-19(14-28(27)37-2)13-26-24-17-30(39-4)29(38-3)16-21(24)11-12-34(26)18-31(35)33-25-9-6-20-15-22(32)7-8-23(20)25/h5,7-8,10,14-17,25-26H,6,9,11-13,18H2,1-4H3,(H,33,35). The summed E-state index contributed by atoms with van der Waals surface area (Å²) < 4.78 is 35.8. The molecule has 1 amide bonds. The lowest BCUT2D eigenvalue weighted by atomic mass is 9.88. The monoisotopic (exact) mass is 534 g/mol. The Hall–Kier alpha value is -3.78. The summed E-state index contributed by atoms with van der Waals surface area (Å²) in [6, 6.07) is 14.7. The van der Waals surface area contributed by atoms with Crippen LogP contribution >= 0.6 is 0 Å². The van der Waals surface area contributed by atoms with Crippen LogP contribution in [0.2, 0.25) is 0 Å². The van der Waals surface area contributed by atoms with E-state index in [1.807, 2.05) is 30.3 Å². The van der Waals surface area contributed by atoms with Crippen molar-refractivity contribution in [2.75, 3.05) is 41.5 Å². The average Bonchev–Trinajstić information content (AvgIpc) is 3.34. The van der Waals surface area contributed by atoms with Gasteiger partial charge in [0.15, 0.2) is 23.0 Å². The molecule has 0 spiro atoms. The minimum Gasteiger partial charge on any atom is -0.493 e. The molecule has 0 saturated carbocycles. The SMILES string of the molecule is COc1ccc(CC2c3cc(OC)c(OC)cc3CCN2CC(=O)NC2CCc3cc(F)ccc32)cc1OC. The highest BCUT2D eigenvalue weighted by atomic mass is 19.1. The van der Waals surface area contributed by atoms with Crippen LogP contribution < -0.4 is 24.3 Å². The maximum Gasteiger partial charge on any atom is 0.234 e. The molecule has 8 heteroatoms. The summed E-state index contributed by atoms with van der Waals surface area (Å²) in [6.07, 6.45) is 3.00. The Bertz CT molecular complexity index is 1360. The number of ether oxygens (including phenoxy) is 4. The molecule has 0 aromatic heterocycles. The molecule has 3 aromatic carbocycles. The van der Waals surface area contributed by atoms with Gasteiger partial charge in [-0.1, -0.05) is 12.1 Å². The van der Waals surface area contributed by atoms with E-state index < -0.39 is 0 Å². The molecular weight excluding hydrogens is 499 g/mol. The summed E-state index contributed by atoms with van der Waals surface area (Å²) in [6.45, 7) is 0.971. The first-order valence-electron chi connectivity index (χ1n) is 13.2. The normalized spacial score (nSPS) is 18.2. The number of aryl methyl sites for hydroxylation is 1. The molecule has 206 valence electrons. The average molecular weight is 535 g/mol. The van der Waals surface area contributed by atoms with E-state index in [-0.39, 0.29) is 30.4 Å². The number of amides is 1. The van der Waals surface area contributed by atoms with Gasteiger partial charge in [0.25, 0.3) is 0 Å². The van der Waals surface area contributed by atoms with Crippen LogP contribution in [-0.4, -0.2) is 52.3 Å². The zero-order valence-corrected chi connectivity index (χ0v) is 22.9. The maximum absolute atomic E-state index is 13.7. The summed E-state index contributed by atoms with van der Waals surface area (Å²) in [5.74, 6) is 2.41. The van der Waals surface area contributed by atoms with Gasteiger partial charge in [0, 0.05) is 12.6 Å². The maximum atomic E-state index is 13.7. The Labute approximate surface area is 228 Å². The van der Waals surface area contributed by atoms with Gasteiger partial charge in [-0.25, -0.2) is 4.39 Å². The molecule has 1 heterocycles. The molecule has 5 rings (SSSR count). The van der Waals surface area contributed by atoms with Gasteiger partial charge in [-0.3, -0.25) is 9.69 Å². The Balaban J connectivity index is 1.41. The number of carbonyl (C=O) groups excluding carboxylic acids is 1. The van der Waals surface area contributed by atoms with Crippen molar-refractivity contribution < 1.29 is 28.1 Å². The second-order valence-corrected chi connectivity index (χ2v) is 10.0. The lowest BCUT2D eigenvalue weighted by molar-refractivity contribution is -0.123. The molecule has 3 aromatic rings. The number of nitrogens with one attached hydrogen (secondary N) is 1. The number of halogens is 1. The van der Waals surface area contributed by atoms with E-state index in [2.05, 4.69) is 10.2 Å². The second-order valence-electron chi connectivity index (χ2n) is 10.0. The topological polar surface area (TPSA) is 69.3 Å². The van der Waals surface area contributed by atoms with E-state index in [0.717, 1.165) is 48.1 Å². The fraction of sp³-hybridized carbons (Fsp3) is 0.387. The number of fused-ring (bicyclic) bond motifs is 2. The third-order valence-electron chi connectivity index (χ3n) is 7.86. The van der Waals surface area contributed by atoms with Crippen molar-refractivity contribution in [1.29, 1.82) is 0 Å². The van der Waals surface area contributed by atoms with Crippen LogP contribution in [-0.2, 0) is 24.1 Å². The molecule has 39 heavy (non-hydrogen) atoms. The zero-order chi connectivity index (χ0) is 27.5. The molecule has 2 atom stereocenters. The first-order chi connectivity index (χ1) is 18.9. The number of carbonyl (C=O) groups is 1. The zero-order valence-electron chi connectivity index (χ0n) is 22.9. The molecule has 0 saturated heterocycles. The van der Waals surface area contributed by atoms with Crippen molar-refractivity contribution in [2.24, 2.45) is 0 Å². The third-order valence-corrected chi connectivity index (χ3v) is 7.86. The van der Waals surface area contributed by atoms with Gasteiger partial charge in [0.05, 0.1) is 41.0 Å². The van der Waals surface area contributed by atoms with Crippen molar-refractivity contribution in [3.8, 4) is 23.0 Å². The van der Waals surface area contributed by atoms with Crippen molar-refractivity contribution in [2.45, 2.75) is 37.8 Å². The molecule has 1 N–H and O–H groups in total. The molecular formula is C31H35FN2O5. The number of rotatable bonds is 9. The predicted octanol–water partition coefficient (Wildman–Crippen LogP) is 4.81. The number of nitrogens with zero attached hydrogens (tertiary/aromatic N) is 1. The molecule has 0 bridgehead atoms. The molecule has 1 aliphatic carbocycles. The third kappa shape index (κ3) is 5.52. The minimum absolute atomic E-state index is 0.0431. The van der Waals surface area contributed by atoms with Crippen LogP contribution in [0.15, 0.2) is 48.5 Å². The van der Waals surface area contributed by atoms with Gasteiger partial charge < -0.3 is 24.3 Å². The lowest BCUT2D eigenvalue weighted by Gasteiger charge is -2.38. The number of hydrogen-bond acceptors (Lipinski definition) is 6. The van der Waals surface area contributed by atoms with E-state index >= 15 is 0 Å². The highest BCUT2D eigenvalue weighted by Crippen LogP contribution is 2.40. The van der Waals surface area contributed by atoms with E-state index in [4.69, 9.17) is 18.9 Å². The number of hydrogen-bond donors (Lipinski definition) is 1. The van der Waals surface area contributed by atoms with Crippen molar-refractivity contribution in [3.05, 3.63) is 82.2 Å². The van der Waals surface area contributed by atoms with E-state index in [9.17, 15) is 9.18 Å². The summed E-state index contributed by atoms with van der Waals surface area (Å²) in [5.41, 5.74) is 5.34. The molecule has 1 aliphatic heterocycles. The van der Waals surface area contributed by atoms with Gasteiger partial charge in [-0.15, -0.1) is 0 Å².